The number of aromatic amines is 1. The Hall–Kier alpha value is -2.38. The van der Waals surface area contributed by atoms with Crippen molar-refractivity contribution in [2.75, 3.05) is 14.2 Å². The number of benzene rings is 1. The van der Waals surface area contributed by atoms with Crippen LogP contribution in [0.1, 0.15) is 62.6 Å². The molecule has 34 heavy (non-hydrogen) atoms. The number of aryl methyl sites for hydroxylation is 1. The summed E-state index contributed by atoms with van der Waals surface area (Å²) in [6.45, 7) is 1.79. The van der Waals surface area contributed by atoms with Gasteiger partial charge in [0.05, 0.1) is 35.5 Å². The molecule has 4 rings (SSSR count). The van der Waals surface area contributed by atoms with Gasteiger partial charge in [-0.15, -0.1) is 0 Å². The molecule has 2 N–H and O–H groups in total. The van der Waals surface area contributed by atoms with Crippen LogP contribution in [-0.4, -0.2) is 41.1 Å². The van der Waals surface area contributed by atoms with E-state index in [1.165, 1.54) is 0 Å². The van der Waals surface area contributed by atoms with Crippen LogP contribution in [0.15, 0.2) is 29.7 Å². The Bertz CT molecular complexity index is 1090. The summed E-state index contributed by atoms with van der Waals surface area (Å²) < 4.78 is 17.1. The lowest BCUT2D eigenvalue weighted by molar-refractivity contribution is -0.167. The summed E-state index contributed by atoms with van der Waals surface area (Å²) in [6, 6.07) is 3.59. The third kappa shape index (κ3) is 4.60. The number of halogens is 2. The summed E-state index contributed by atoms with van der Waals surface area (Å²) in [4.78, 5) is 13.3. The highest BCUT2D eigenvalue weighted by molar-refractivity contribution is 6.32. The van der Waals surface area contributed by atoms with Gasteiger partial charge in [0.1, 0.15) is 22.9 Å². The van der Waals surface area contributed by atoms with Gasteiger partial charge in [0.25, 0.3) is 0 Å². The first kappa shape index (κ1) is 24.7. The Balaban J connectivity index is 1.64. The van der Waals surface area contributed by atoms with Gasteiger partial charge in [-0.1, -0.05) is 43.0 Å². The van der Waals surface area contributed by atoms with Crippen molar-refractivity contribution < 1.29 is 24.1 Å². The van der Waals surface area contributed by atoms with Crippen molar-refractivity contribution in [1.82, 2.24) is 10.2 Å². The summed E-state index contributed by atoms with van der Waals surface area (Å²) >= 11 is 12.6. The van der Waals surface area contributed by atoms with E-state index in [9.17, 15) is 9.90 Å². The Labute approximate surface area is 209 Å². The Morgan fingerprint density at radius 2 is 1.91 bits per heavy atom. The molecule has 0 amide bonds. The Morgan fingerprint density at radius 3 is 2.50 bits per heavy atom. The average Bonchev–Trinajstić information content (AvgIpc) is 3.49. The molecule has 2 aliphatic rings. The third-order valence-corrected chi connectivity index (χ3v) is 7.83. The fourth-order valence-corrected chi connectivity index (χ4v) is 5.93. The fourth-order valence-electron chi connectivity index (χ4n) is 5.41. The van der Waals surface area contributed by atoms with Gasteiger partial charge in [-0.3, -0.25) is 5.10 Å². The molecule has 2 unspecified atom stereocenters. The first-order valence-corrected chi connectivity index (χ1v) is 12.3. The van der Waals surface area contributed by atoms with Crippen molar-refractivity contribution >= 4 is 29.2 Å². The van der Waals surface area contributed by atoms with E-state index in [0.29, 0.717) is 40.1 Å². The third-order valence-electron chi connectivity index (χ3n) is 7.23. The van der Waals surface area contributed by atoms with Crippen LogP contribution in [0.3, 0.4) is 0 Å². The molecule has 0 spiro atoms. The van der Waals surface area contributed by atoms with Crippen LogP contribution in [-0.2, 0) is 16.0 Å². The summed E-state index contributed by atoms with van der Waals surface area (Å²) in [5, 5.41) is 18.9. The number of H-pyrrole nitrogens is 1. The minimum absolute atomic E-state index is 0.0504. The van der Waals surface area contributed by atoms with Crippen molar-refractivity contribution in [2.24, 2.45) is 5.92 Å². The molecule has 0 saturated heterocycles. The van der Waals surface area contributed by atoms with Gasteiger partial charge in [0, 0.05) is 24.6 Å². The number of nitrogens with one attached hydrogen (secondary N) is 1. The van der Waals surface area contributed by atoms with Gasteiger partial charge < -0.3 is 19.3 Å². The maximum absolute atomic E-state index is 13.3. The highest BCUT2D eigenvalue weighted by atomic mass is 35.5. The van der Waals surface area contributed by atoms with Crippen molar-refractivity contribution in [1.29, 1.82) is 0 Å². The molecule has 0 radical (unpaired) electrons. The molecule has 1 aliphatic carbocycles. The van der Waals surface area contributed by atoms with Crippen molar-refractivity contribution in [3.63, 3.8) is 0 Å². The number of cyclic esters (lactones) is 1. The molecule has 2 aromatic rings. The number of methoxy groups -OCH3 is 2. The number of hydrogen-bond acceptors (Lipinski definition) is 6. The zero-order valence-electron chi connectivity index (χ0n) is 19.6. The second-order valence-corrected chi connectivity index (χ2v) is 9.93. The predicted octanol–water partition coefficient (Wildman–Crippen LogP) is 6.16. The number of hydrogen-bond donors (Lipinski definition) is 2. The van der Waals surface area contributed by atoms with Crippen LogP contribution >= 0.6 is 23.2 Å². The van der Waals surface area contributed by atoms with E-state index in [4.69, 9.17) is 37.4 Å². The van der Waals surface area contributed by atoms with E-state index in [-0.39, 0.29) is 23.7 Å². The van der Waals surface area contributed by atoms with Gasteiger partial charge in [-0.25, -0.2) is 4.79 Å². The monoisotopic (exact) mass is 508 g/mol. The summed E-state index contributed by atoms with van der Waals surface area (Å²) in [5.41, 5.74) is 0.819. The van der Waals surface area contributed by atoms with Gasteiger partial charge in [-0.05, 0) is 43.2 Å². The molecule has 0 bridgehead atoms. The highest BCUT2D eigenvalue weighted by Gasteiger charge is 2.49. The number of ether oxygens (including phenoxy) is 3. The minimum atomic E-state index is -0.798. The molecule has 1 aliphatic heterocycles. The van der Waals surface area contributed by atoms with E-state index in [0.717, 1.165) is 31.2 Å². The molecule has 2 heterocycles. The number of carbonyl (C=O) groups is 1. The van der Waals surface area contributed by atoms with Crippen molar-refractivity contribution in [2.45, 2.75) is 63.4 Å². The molecule has 1 aromatic carbocycles. The van der Waals surface area contributed by atoms with E-state index in [1.807, 2.05) is 6.07 Å². The standard InChI is InChI=1S/C25H30Cl2N2O5/c1-14(23-18(27)13-28-29-23)22-19(30)12-25(34-24(22)31,16-6-4-5-7-16)9-8-15-10-17(26)21(33-3)11-20(15)32-2/h10-11,13-14,16,30H,4-9,12H2,1-3H3,(H,28,29). The number of aliphatic hydroxyl groups excluding tert-OH is 1. The van der Waals surface area contributed by atoms with E-state index in [1.54, 1.807) is 33.4 Å². The summed E-state index contributed by atoms with van der Waals surface area (Å²) in [6.07, 6.45) is 6.99. The number of esters is 1. The molecule has 1 saturated carbocycles. The second-order valence-electron chi connectivity index (χ2n) is 9.11. The molecule has 7 nitrogen and oxygen atoms in total. The molecule has 2 atom stereocenters. The molecule has 9 heteroatoms. The molecular formula is C25H30Cl2N2O5. The zero-order valence-corrected chi connectivity index (χ0v) is 21.1. The van der Waals surface area contributed by atoms with Gasteiger partial charge in [-0.2, -0.15) is 5.10 Å². The lowest BCUT2D eigenvalue weighted by atomic mass is 9.75. The maximum Gasteiger partial charge on any atom is 0.338 e. The lowest BCUT2D eigenvalue weighted by Crippen LogP contribution is -2.46. The van der Waals surface area contributed by atoms with Gasteiger partial charge in [0.2, 0.25) is 0 Å². The van der Waals surface area contributed by atoms with Gasteiger partial charge in [0.15, 0.2) is 0 Å². The van der Waals surface area contributed by atoms with Crippen LogP contribution in [0.25, 0.3) is 0 Å². The summed E-state index contributed by atoms with van der Waals surface area (Å²) in [5.74, 6) is 0.411. The van der Waals surface area contributed by atoms with E-state index >= 15 is 0 Å². The first-order chi connectivity index (χ1) is 16.3. The molecule has 1 aromatic heterocycles. The zero-order chi connectivity index (χ0) is 24.5. The Morgan fingerprint density at radius 1 is 1.21 bits per heavy atom. The van der Waals surface area contributed by atoms with Crippen LogP contribution in [0.5, 0.6) is 11.5 Å². The number of carbonyl (C=O) groups excluding carboxylic acids is 1. The largest absolute Gasteiger partial charge is 0.512 e. The first-order valence-electron chi connectivity index (χ1n) is 11.5. The van der Waals surface area contributed by atoms with Crippen molar-refractivity contribution in [3.8, 4) is 11.5 Å². The average molecular weight is 509 g/mol. The van der Waals surface area contributed by atoms with Crippen LogP contribution < -0.4 is 9.47 Å². The lowest BCUT2D eigenvalue weighted by Gasteiger charge is -2.42. The number of nitrogens with zero attached hydrogens (tertiary/aromatic N) is 1. The highest BCUT2D eigenvalue weighted by Crippen LogP contribution is 2.48. The van der Waals surface area contributed by atoms with E-state index < -0.39 is 17.5 Å². The van der Waals surface area contributed by atoms with E-state index in [2.05, 4.69) is 10.2 Å². The predicted molar refractivity (Wildman–Crippen MR) is 130 cm³/mol. The number of aliphatic hydroxyl groups is 1. The van der Waals surface area contributed by atoms with Gasteiger partial charge >= 0.3 is 5.97 Å². The Kier molecular flexibility index (Phi) is 7.33. The second kappa shape index (κ2) is 10.1. The number of rotatable bonds is 8. The molecule has 184 valence electrons. The maximum atomic E-state index is 13.3. The fraction of sp³-hybridized carbons (Fsp3) is 0.520. The minimum Gasteiger partial charge on any atom is -0.512 e. The topological polar surface area (TPSA) is 93.7 Å². The molecular weight excluding hydrogens is 479 g/mol. The smallest absolute Gasteiger partial charge is 0.338 e. The van der Waals surface area contributed by atoms with Crippen molar-refractivity contribution in [3.05, 3.63) is 51.0 Å². The SMILES string of the molecule is COc1cc(OC)c(CCC2(C3CCCC3)CC(O)=C(C(C)c3n[nH]cc3Cl)C(=O)O2)cc1Cl. The molecule has 1 fully saturated rings. The van der Waals surface area contributed by atoms with Crippen LogP contribution in [0.2, 0.25) is 10.0 Å². The van der Waals surface area contributed by atoms with Crippen LogP contribution in [0, 0.1) is 5.92 Å². The van der Waals surface area contributed by atoms with Crippen LogP contribution in [0.4, 0.5) is 0 Å². The normalized spacial score (nSPS) is 22.1. The quantitative estimate of drug-likeness (QED) is 0.414. The summed E-state index contributed by atoms with van der Waals surface area (Å²) in [7, 11) is 3.16. The number of aromatic nitrogens is 2.